The second-order valence-corrected chi connectivity index (χ2v) is 6.02. The number of ether oxygens (including phenoxy) is 1. The third kappa shape index (κ3) is 4.37. The molecule has 0 saturated heterocycles. The van der Waals surface area contributed by atoms with E-state index in [0.717, 1.165) is 17.9 Å². The maximum atomic E-state index is 5.24. The van der Waals surface area contributed by atoms with E-state index in [-0.39, 0.29) is 0 Å². The predicted molar refractivity (Wildman–Crippen MR) is 74.2 cm³/mol. The van der Waals surface area contributed by atoms with Gasteiger partial charge in [0.15, 0.2) is 0 Å². The van der Waals surface area contributed by atoms with Crippen molar-refractivity contribution < 1.29 is 4.74 Å². The quantitative estimate of drug-likeness (QED) is 0.613. The van der Waals surface area contributed by atoms with E-state index < -0.39 is 0 Å². The van der Waals surface area contributed by atoms with Gasteiger partial charge in [0.05, 0.1) is 0 Å². The molecule has 1 aliphatic rings. The Morgan fingerprint density at radius 1 is 1.31 bits per heavy atom. The topological polar surface area (TPSA) is 9.23 Å². The SMILES string of the molecule is CCCCC1CCC(CBr)(CCOC)CC1. The zero-order chi connectivity index (χ0) is 11.9. The Labute approximate surface area is 109 Å². The summed E-state index contributed by atoms with van der Waals surface area (Å²) in [5.41, 5.74) is 0.540. The Kier molecular flexibility index (Phi) is 6.98. The fourth-order valence-corrected chi connectivity index (χ4v) is 3.68. The zero-order valence-corrected chi connectivity index (χ0v) is 12.5. The van der Waals surface area contributed by atoms with Crippen molar-refractivity contribution in [2.75, 3.05) is 19.0 Å². The van der Waals surface area contributed by atoms with Crippen molar-refractivity contribution in [3.63, 3.8) is 0 Å². The summed E-state index contributed by atoms with van der Waals surface area (Å²) in [5.74, 6) is 1.01. The molecule has 1 fully saturated rings. The molecule has 0 N–H and O–H groups in total. The molecular weight excluding hydrogens is 264 g/mol. The highest BCUT2D eigenvalue weighted by molar-refractivity contribution is 9.09. The summed E-state index contributed by atoms with van der Waals surface area (Å²) in [6.07, 6.45) is 11.1. The van der Waals surface area contributed by atoms with Gasteiger partial charge < -0.3 is 4.74 Å². The van der Waals surface area contributed by atoms with Crippen LogP contribution >= 0.6 is 15.9 Å². The minimum Gasteiger partial charge on any atom is -0.385 e. The van der Waals surface area contributed by atoms with Crippen LogP contribution in [-0.2, 0) is 4.74 Å². The number of halogens is 1. The first kappa shape index (κ1) is 14.5. The van der Waals surface area contributed by atoms with Crippen molar-refractivity contribution in [2.24, 2.45) is 11.3 Å². The molecule has 0 atom stereocenters. The highest BCUT2D eigenvalue weighted by atomic mass is 79.9. The molecule has 1 saturated carbocycles. The van der Waals surface area contributed by atoms with Crippen molar-refractivity contribution >= 4 is 15.9 Å². The van der Waals surface area contributed by atoms with E-state index in [2.05, 4.69) is 22.9 Å². The Hall–Kier alpha value is 0.440. The van der Waals surface area contributed by atoms with Crippen molar-refractivity contribution in [3.05, 3.63) is 0 Å². The van der Waals surface area contributed by atoms with Gasteiger partial charge in [-0.15, -0.1) is 0 Å². The predicted octanol–water partition coefficient (Wildman–Crippen LogP) is 4.78. The molecule has 1 aliphatic carbocycles. The van der Waals surface area contributed by atoms with Crippen LogP contribution in [0.25, 0.3) is 0 Å². The van der Waals surface area contributed by atoms with Crippen LogP contribution in [-0.4, -0.2) is 19.0 Å². The molecule has 1 rings (SSSR count). The molecule has 0 radical (unpaired) electrons. The molecule has 0 aromatic carbocycles. The maximum Gasteiger partial charge on any atom is 0.0467 e. The van der Waals surface area contributed by atoms with Crippen LogP contribution in [0.2, 0.25) is 0 Å². The summed E-state index contributed by atoms with van der Waals surface area (Å²) in [6, 6.07) is 0. The molecule has 96 valence electrons. The molecule has 0 spiro atoms. The minimum atomic E-state index is 0.540. The number of hydrogen-bond donors (Lipinski definition) is 0. The lowest BCUT2D eigenvalue weighted by Crippen LogP contribution is -2.30. The van der Waals surface area contributed by atoms with Crippen LogP contribution < -0.4 is 0 Å². The Bertz CT molecular complexity index is 174. The van der Waals surface area contributed by atoms with E-state index in [0.29, 0.717) is 5.41 Å². The van der Waals surface area contributed by atoms with Gasteiger partial charge in [-0.25, -0.2) is 0 Å². The lowest BCUT2D eigenvalue weighted by molar-refractivity contribution is 0.102. The van der Waals surface area contributed by atoms with Gasteiger partial charge >= 0.3 is 0 Å². The summed E-state index contributed by atoms with van der Waals surface area (Å²) in [4.78, 5) is 0. The lowest BCUT2D eigenvalue weighted by Gasteiger charge is -2.39. The van der Waals surface area contributed by atoms with Gasteiger partial charge in [0, 0.05) is 19.0 Å². The average molecular weight is 291 g/mol. The van der Waals surface area contributed by atoms with Crippen LogP contribution in [0.3, 0.4) is 0 Å². The van der Waals surface area contributed by atoms with Gasteiger partial charge in [-0.3, -0.25) is 0 Å². The van der Waals surface area contributed by atoms with Gasteiger partial charge in [0.25, 0.3) is 0 Å². The van der Waals surface area contributed by atoms with E-state index in [1.807, 2.05) is 7.11 Å². The monoisotopic (exact) mass is 290 g/mol. The van der Waals surface area contributed by atoms with E-state index >= 15 is 0 Å². The first-order valence-electron chi connectivity index (χ1n) is 6.81. The van der Waals surface area contributed by atoms with Gasteiger partial charge in [0.1, 0.15) is 0 Å². The van der Waals surface area contributed by atoms with Crippen LogP contribution in [0.1, 0.15) is 58.3 Å². The average Bonchev–Trinajstić information content (AvgIpc) is 2.35. The molecule has 0 unspecified atom stereocenters. The minimum absolute atomic E-state index is 0.540. The van der Waals surface area contributed by atoms with Crippen LogP contribution in [0.15, 0.2) is 0 Å². The molecular formula is C14H27BrO. The van der Waals surface area contributed by atoms with Crippen molar-refractivity contribution in [1.82, 2.24) is 0 Å². The fraction of sp³-hybridized carbons (Fsp3) is 1.00. The molecule has 0 aromatic heterocycles. The highest BCUT2D eigenvalue weighted by Gasteiger charge is 2.33. The second-order valence-electron chi connectivity index (χ2n) is 5.46. The number of rotatable bonds is 7. The van der Waals surface area contributed by atoms with Crippen LogP contribution in [0.5, 0.6) is 0 Å². The molecule has 0 aliphatic heterocycles. The summed E-state index contributed by atoms with van der Waals surface area (Å²) in [7, 11) is 1.81. The van der Waals surface area contributed by atoms with Crippen molar-refractivity contribution in [2.45, 2.75) is 58.3 Å². The molecule has 1 nitrogen and oxygen atoms in total. The van der Waals surface area contributed by atoms with E-state index in [9.17, 15) is 0 Å². The second kappa shape index (κ2) is 7.71. The van der Waals surface area contributed by atoms with Gasteiger partial charge in [-0.1, -0.05) is 42.1 Å². The molecule has 0 heterocycles. The number of hydrogen-bond acceptors (Lipinski definition) is 1. The Morgan fingerprint density at radius 2 is 2.00 bits per heavy atom. The van der Waals surface area contributed by atoms with E-state index in [4.69, 9.17) is 4.74 Å². The molecule has 0 bridgehead atoms. The standard InChI is InChI=1S/C14H27BrO/c1-3-4-5-13-6-8-14(12-15,9-7-13)10-11-16-2/h13H,3-12H2,1-2H3. The fourth-order valence-electron chi connectivity index (χ4n) is 2.84. The summed E-state index contributed by atoms with van der Waals surface area (Å²) in [5, 5.41) is 1.16. The third-order valence-electron chi connectivity index (χ3n) is 4.25. The first-order chi connectivity index (χ1) is 7.76. The molecule has 16 heavy (non-hydrogen) atoms. The van der Waals surface area contributed by atoms with Crippen molar-refractivity contribution in [3.8, 4) is 0 Å². The molecule has 0 amide bonds. The Balaban J connectivity index is 2.31. The largest absolute Gasteiger partial charge is 0.385 e. The molecule has 2 heteroatoms. The maximum absolute atomic E-state index is 5.24. The van der Waals surface area contributed by atoms with Gasteiger partial charge in [-0.2, -0.15) is 0 Å². The number of methoxy groups -OCH3 is 1. The number of unbranched alkanes of at least 4 members (excludes halogenated alkanes) is 1. The lowest BCUT2D eigenvalue weighted by atomic mass is 9.69. The first-order valence-corrected chi connectivity index (χ1v) is 7.93. The van der Waals surface area contributed by atoms with Crippen LogP contribution in [0, 0.1) is 11.3 Å². The summed E-state index contributed by atoms with van der Waals surface area (Å²) in [6.45, 7) is 3.22. The highest BCUT2D eigenvalue weighted by Crippen LogP contribution is 2.44. The third-order valence-corrected chi connectivity index (χ3v) is 5.44. The summed E-state index contributed by atoms with van der Waals surface area (Å²) < 4.78 is 5.24. The number of alkyl halides is 1. The Morgan fingerprint density at radius 3 is 2.50 bits per heavy atom. The van der Waals surface area contributed by atoms with E-state index in [1.165, 1.54) is 51.4 Å². The van der Waals surface area contributed by atoms with Crippen LogP contribution in [0.4, 0.5) is 0 Å². The zero-order valence-electron chi connectivity index (χ0n) is 10.9. The van der Waals surface area contributed by atoms with Gasteiger partial charge in [0.2, 0.25) is 0 Å². The van der Waals surface area contributed by atoms with Crippen molar-refractivity contribution in [1.29, 1.82) is 0 Å². The smallest absolute Gasteiger partial charge is 0.0467 e. The van der Waals surface area contributed by atoms with Gasteiger partial charge in [-0.05, 0) is 43.4 Å². The van der Waals surface area contributed by atoms with E-state index in [1.54, 1.807) is 0 Å². The molecule has 0 aromatic rings. The normalized spacial score (nSPS) is 30.6. The summed E-state index contributed by atoms with van der Waals surface area (Å²) >= 11 is 3.72.